The minimum atomic E-state index is -0.169. The summed E-state index contributed by atoms with van der Waals surface area (Å²) in [6, 6.07) is 3.58. The lowest BCUT2D eigenvalue weighted by atomic mass is 10.1. The zero-order valence-electron chi connectivity index (χ0n) is 11.6. The van der Waals surface area contributed by atoms with Gasteiger partial charge in [-0.25, -0.2) is 4.98 Å². The molecule has 1 saturated heterocycles. The Bertz CT molecular complexity index is 687. The molecule has 0 radical (unpaired) electrons. The average Bonchev–Trinajstić information content (AvgIpc) is 2.38. The molecule has 1 aromatic heterocycles. The first kappa shape index (κ1) is 12.9. The van der Waals surface area contributed by atoms with Crippen LogP contribution in [0.15, 0.2) is 23.3 Å². The topological polar surface area (TPSA) is 84.2 Å². The monoisotopic (exact) mass is 274 g/mol. The molecule has 1 fully saturated rings. The summed E-state index contributed by atoms with van der Waals surface area (Å²) < 4.78 is 5.73. The Hall–Kier alpha value is -2.08. The van der Waals surface area contributed by atoms with Crippen molar-refractivity contribution in [2.24, 2.45) is 0 Å². The van der Waals surface area contributed by atoms with E-state index in [2.05, 4.69) is 14.9 Å². The number of hydrogen-bond donors (Lipinski definition) is 2. The van der Waals surface area contributed by atoms with Crippen molar-refractivity contribution >= 4 is 22.3 Å². The van der Waals surface area contributed by atoms with E-state index in [1.807, 2.05) is 19.9 Å². The summed E-state index contributed by atoms with van der Waals surface area (Å²) in [5, 5.41) is 0.517. The Kier molecular flexibility index (Phi) is 3.10. The van der Waals surface area contributed by atoms with E-state index in [-0.39, 0.29) is 17.8 Å². The van der Waals surface area contributed by atoms with E-state index in [0.29, 0.717) is 16.6 Å². The number of nitrogens with zero attached hydrogens (tertiary/aromatic N) is 2. The molecule has 1 aromatic carbocycles. The van der Waals surface area contributed by atoms with Gasteiger partial charge in [0.2, 0.25) is 0 Å². The van der Waals surface area contributed by atoms with Gasteiger partial charge in [0, 0.05) is 13.1 Å². The molecule has 0 unspecified atom stereocenters. The number of H-pyrrole nitrogens is 1. The SMILES string of the molecule is C[C@@H]1CN(c2cc3nc[nH]c(=O)c3cc2N)C[C@H](C)O1. The molecule has 106 valence electrons. The predicted molar refractivity (Wildman–Crippen MR) is 79.0 cm³/mol. The van der Waals surface area contributed by atoms with Crippen LogP contribution < -0.4 is 16.2 Å². The van der Waals surface area contributed by atoms with Gasteiger partial charge in [-0.05, 0) is 26.0 Å². The maximum absolute atomic E-state index is 11.7. The average molecular weight is 274 g/mol. The van der Waals surface area contributed by atoms with Gasteiger partial charge in [0.25, 0.3) is 5.56 Å². The minimum absolute atomic E-state index is 0.154. The fraction of sp³-hybridized carbons (Fsp3) is 0.429. The minimum Gasteiger partial charge on any atom is -0.397 e. The number of benzene rings is 1. The van der Waals surface area contributed by atoms with Crippen LogP contribution in [-0.2, 0) is 4.74 Å². The molecule has 0 saturated carbocycles. The van der Waals surface area contributed by atoms with E-state index in [9.17, 15) is 4.79 Å². The third kappa shape index (κ3) is 2.22. The van der Waals surface area contributed by atoms with E-state index in [0.717, 1.165) is 18.8 Å². The summed E-state index contributed by atoms with van der Waals surface area (Å²) in [7, 11) is 0. The van der Waals surface area contributed by atoms with Gasteiger partial charge in [0.1, 0.15) is 0 Å². The van der Waals surface area contributed by atoms with Crippen LogP contribution in [0.25, 0.3) is 10.9 Å². The van der Waals surface area contributed by atoms with Gasteiger partial charge in [0.15, 0.2) is 0 Å². The highest BCUT2D eigenvalue weighted by Gasteiger charge is 2.24. The number of ether oxygens (including phenoxy) is 1. The molecule has 3 N–H and O–H groups in total. The zero-order chi connectivity index (χ0) is 14.3. The number of anilines is 2. The normalized spacial score (nSPS) is 23.2. The Labute approximate surface area is 116 Å². The highest BCUT2D eigenvalue weighted by atomic mass is 16.5. The number of fused-ring (bicyclic) bond motifs is 1. The molecule has 20 heavy (non-hydrogen) atoms. The molecule has 2 heterocycles. The smallest absolute Gasteiger partial charge is 0.258 e. The second-order valence-corrected chi connectivity index (χ2v) is 5.32. The summed E-state index contributed by atoms with van der Waals surface area (Å²) in [4.78, 5) is 20.7. The second kappa shape index (κ2) is 4.79. The Morgan fingerprint density at radius 3 is 2.75 bits per heavy atom. The van der Waals surface area contributed by atoms with Crippen molar-refractivity contribution in [3.8, 4) is 0 Å². The van der Waals surface area contributed by atoms with Gasteiger partial charge in [-0.2, -0.15) is 0 Å². The van der Waals surface area contributed by atoms with Crippen LogP contribution in [0, 0.1) is 0 Å². The van der Waals surface area contributed by atoms with Gasteiger partial charge < -0.3 is 20.4 Å². The quantitative estimate of drug-likeness (QED) is 0.761. The molecule has 6 heteroatoms. The lowest BCUT2D eigenvalue weighted by molar-refractivity contribution is -0.00516. The number of hydrogen-bond acceptors (Lipinski definition) is 5. The third-order valence-corrected chi connectivity index (χ3v) is 3.55. The van der Waals surface area contributed by atoms with E-state index < -0.39 is 0 Å². The van der Waals surface area contributed by atoms with Crippen molar-refractivity contribution in [2.75, 3.05) is 23.7 Å². The van der Waals surface area contributed by atoms with Gasteiger partial charge in [-0.1, -0.05) is 0 Å². The largest absolute Gasteiger partial charge is 0.397 e. The van der Waals surface area contributed by atoms with Crippen LogP contribution in [0.3, 0.4) is 0 Å². The first-order valence-corrected chi connectivity index (χ1v) is 6.72. The van der Waals surface area contributed by atoms with Crippen molar-refractivity contribution in [1.29, 1.82) is 0 Å². The van der Waals surface area contributed by atoms with Crippen LogP contribution >= 0.6 is 0 Å². The van der Waals surface area contributed by atoms with Crippen LogP contribution in [0.4, 0.5) is 11.4 Å². The van der Waals surface area contributed by atoms with Crippen LogP contribution in [0.1, 0.15) is 13.8 Å². The summed E-state index contributed by atoms with van der Waals surface area (Å²) in [5.41, 5.74) is 8.11. The van der Waals surface area contributed by atoms with Gasteiger partial charge in [0.05, 0.1) is 40.8 Å². The maximum atomic E-state index is 11.7. The van der Waals surface area contributed by atoms with Crippen LogP contribution in [0.5, 0.6) is 0 Å². The molecule has 0 amide bonds. The van der Waals surface area contributed by atoms with E-state index in [4.69, 9.17) is 10.5 Å². The molecule has 1 aliphatic heterocycles. The van der Waals surface area contributed by atoms with Crippen molar-refractivity contribution < 1.29 is 4.74 Å². The molecule has 6 nitrogen and oxygen atoms in total. The molecule has 2 atom stereocenters. The third-order valence-electron chi connectivity index (χ3n) is 3.55. The van der Waals surface area contributed by atoms with Crippen molar-refractivity contribution in [1.82, 2.24) is 9.97 Å². The first-order valence-electron chi connectivity index (χ1n) is 6.72. The fourth-order valence-corrected chi connectivity index (χ4v) is 2.77. The summed E-state index contributed by atoms with van der Waals surface area (Å²) in [5.74, 6) is 0. The highest BCUT2D eigenvalue weighted by Crippen LogP contribution is 2.29. The number of morpholine rings is 1. The molecule has 0 bridgehead atoms. The molecule has 3 rings (SSSR count). The Morgan fingerprint density at radius 2 is 2.05 bits per heavy atom. The molecular formula is C14H18N4O2. The van der Waals surface area contributed by atoms with Gasteiger partial charge >= 0.3 is 0 Å². The summed E-state index contributed by atoms with van der Waals surface area (Å²) in [6.07, 6.45) is 1.72. The zero-order valence-corrected chi connectivity index (χ0v) is 11.6. The highest BCUT2D eigenvalue weighted by molar-refractivity contribution is 5.88. The molecular weight excluding hydrogens is 256 g/mol. The van der Waals surface area contributed by atoms with Gasteiger partial charge in [-0.3, -0.25) is 4.79 Å². The maximum Gasteiger partial charge on any atom is 0.258 e. The lowest BCUT2D eigenvalue weighted by Crippen LogP contribution is -2.45. The van der Waals surface area contributed by atoms with E-state index in [1.165, 1.54) is 6.33 Å². The molecule has 0 spiro atoms. The molecule has 2 aromatic rings. The predicted octanol–water partition coefficient (Wildman–Crippen LogP) is 1.12. The van der Waals surface area contributed by atoms with Crippen molar-refractivity contribution in [2.45, 2.75) is 26.1 Å². The number of aromatic amines is 1. The Morgan fingerprint density at radius 1 is 1.35 bits per heavy atom. The summed E-state index contributed by atoms with van der Waals surface area (Å²) in [6.45, 7) is 5.65. The molecule has 0 aliphatic carbocycles. The first-order chi connectivity index (χ1) is 9.54. The molecule has 1 aliphatic rings. The number of nitrogens with two attached hydrogens (primary N) is 1. The summed E-state index contributed by atoms with van der Waals surface area (Å²) >= 11 is 0. The Balaban J connectivity index is 2.07. The standard InChI is InChI=1S/C14H18N4O2/c1-8-5-18(6-9(2)20-8)13-4-12-10(3-11(13)15)14(19)17-7-16-12/h3-4,7-9H,5-6,15H2,1-2H3,(H,16,17,19)/t8-,9+. The van der Waals surface area contributed by atoms with E-state index >= 15 is 0 Å². The van der Waals surface area contributed by atoms with Crippen LogP contribution in [0.2, 0.25) is 0 Å². The van der Waals surface area contributed by atoms with Crippen LogP contribution in [-0.4, -0.2) is 35.3 Å². The van der Waals surface area contributed by atoms with Crippen molar-refractivity contribution in [3.63, 3.8) is 0 Å². The number of aromatic nitrogens is 2. The number of rotatable bonds is 1. The van der Waals surface area contributed by atoms with Crippen molar-refractivity contribution in [3.05, 3.63) is 28.8 Å². The lowest BCUT2D eigenvalue weighted by Gasteiger charge is -2.37. The van der Waals surface area contributed by atoms with Gasteiger partial charge in [-0.15, -0.1) is 0 Å². The second-order valence-electron chi connectivity index (χ2n) is 5.32. The number of nitrogen functional groups attached to an aromatic ring is 1. The fourth-order valence-electron chi connectivity index (χ4n) is 2.77. The van der Waals surface area contributed by atoms with E-state index in [1.54, 1.807) is 6.07 Å². The number of nitrogens with one attached hydrogen (secondary N) is 1.